The minimum Gasteiger partial charge on any atom is -0.267 e. The van der Waals surface area contributed by atoms with Crippen LogP contribution in [0.25, 0.3) is 0 Å². The first kappa shape index (κ1) is 10.1. The zero-order chi connectivity index (χ0) is 11.1. The van der Waals surface area contributed by atoms with Crippen molar-refractivity contribution in [1.82, 2.24) is 5.06 Å². The number of amides is 1. The van der Waals surface area contributed by atoms with Crippen molar-refractivity contribution >= 4 is 21.8 Å². The van der Waals surface area contributed by atoms with Crippen molar-refractivity contribution in [2.24, 2.45) is 0 Å². The fourth-order valence-corrected chi connectivity index (χ4v) is 2.31. The molecule has 1 aliphatic carbocycles. The highest BCUT2D eigenvalue weighted by Gasteiger charge is 2.38. The average Bonchev–Trinajstić information content (AvgIpc) is 2.91. The number of halogens is 1. The van der Waals surface area contributed by atoms with Gasteiger partial charge in [-0.3, -0.25) is 9.63 Å². The molecule has 1 aromatic carbocycles. The van der Waals surface area contributed by atoms with E-state index in [0.717, 1.165) is 10.9 Å². The highest BCUT2D eigenvalue weighted by molar-refractivity contribution is 9.10. The van der Waals surface area contributed by atoms with Crippen molar-refractivity contribution in [1.29, 1.82) is 0 Å². The number of benzene rings is 1. The van der Waals surface area contributed by atoms with Crippen LogP contribution in [0, 0.1) is 0 Å². The van der Waals surface area contributed by atoms with Crippen molar-refractivity contribution in [2.45, 2.75) is 18.6 Å². The van der Waals surface area contributed by atoms with Crippen LogP contribution in [-0.4, -0.2) is 23.1 Å². The van der Waals surface area contributed by atoms with Gasteiger partial charge in [0.15, 0.2) is 0 Å². The van der Waals surface area contributed by atoms with E-state index in [1.54, 1.807) is 12.1 Å². The molecular weight excluding hydrogens is 270 g/mol. The summed E-state index contributed by atoms with van der Waals surface area (Å²) in [7, 11) is 0. The molecule has 2 bridgehead atoms. The van der Waals surface area contributed by atoms with Gasteiger partial charge in [0.05, 0.1) is 6.04 Å². The minimum absolute atomic E-state index is 0.0654. The van der Waals surface area contributed by atoms with Crippen LogP contribution in [0.4, 0.5) is 0 Å². The molecule has 3 nitrogen and oxygen atoms in total. The lowest BCUT2D eigenvalue weighted by atomic mass is 10.2. The molecule has 0 radical (unpaired) electrons. The molecule has 4 heteroatoms. The number of nitrogens with zero attached hydrogens (tertiary/aromatic N) is 1. The molecule has 0 spiro atoms. The Morgan fingerprint density at radius 3 is 2.62 bits per heavy atom. The minimum atomic E-state index is -0.0654. The maximum atomic E-state index is 12.1. The second kappa shape index (κ2) is 3.71. The Morgan fingerprint density at radius 2 is 2.06 bits per heavy atom. The van der Waals surface area contributed by atoms with Crippen LogP contribution in [-0.2, 0) is 4.84 Å². The maximum absolute atomic E-state index is 12.1. The fourth-order valence-electron chi connectivity index (χ4n) is 2.04. The first-order valence-corrected chi connectivity index (χ1v) is 5.97. The van der Waals surface area contributed by atoms with Crippen LogP contribution < -0.4 is 0 Å². The number of carbonyl (C=O) groups is 1. The van der Waals surface area contributed by atoms with Gasteiger partial charge in [-0.25, -0.2) is 5.06 Å². The van der Waals surface area contributed by atoms with Crippen LogP contribution in [0.1, 0.15) is 16.8 Å². The summed E-state index contributed by atoms with van der Waals surface area (Å²) in [6.07, 6.45) is 5.02. The van der Waals surface area contributed by atoms with E-state index in [2.05, 4.69) is 15.9 Å². The number of hydroxylamine groups is 2. The van der Waals surface area contributed by atoms with E-state index in [0.29, 0.717) is 5.56 Å². The van der Waals surface area contributed by atoms with E-state index >= 15 is 0 Å². The number of carbonyl (C=O) groups excluding carboxylic acids is 1. The zero-order valence-corrected chi connectivity index (χ0v) is 10.1. The molecule has 1 saturated heterocycles. The highest BCUT2D eigenvalue weighted by Crippen LogP contribution is 2.30. The highest BCUT2D eigenvalue weighted by atomic mass is 79.9. The van der Waals surface area contributed by atoms with Crippen LogP contribution in [0.2, 0.25) is 0 Å². The summed E-state index contributed by atoms with van der Waals surface area (Å²) in [4.78, 5) is 17.6. The van der Waals surface area contributed by atoms with Crippen molar-refractivity contribution in [3.63, 3.8) is 0 Å². The number of hydrogen-bond acceptors (Lipinski definition) is 2. The SMILES string of the molecule is O=C(c1ccc(Br)cc1)N1OC2C=CC1C2. The Bertz CT molecular complexity index is 455. The van der Waals surface area contributed by atoms with Crippen LogP contribution in [0.15, 0.2) is 40.9 Å². The Kier molecular flexibility index (Phi) is 2.33. The molecule has 1 amide bonds. The third-order valence-corrected chi connectivity index (χ3v) is 3.39. The lowest BCUT2D eigenvalue weighted by Crippen LogP contribution is -2.34. The topological polar surface area (TPSA) is 29.5 Å². The molecule has 16 heavy (non-hydrogen) atoms. The van der Waals surface area contributed by atoms with Gasteiger partial charge in [-0.2, -0.15) is 0 Å². The Morgan fingerprint density at radius 1 is 1.31 bits per heavy atom. The molecule has 1 aliphatic heterocycles. The van der Waals surface area contributed by atoms with Crippen molar-refractivity contribution < 1.29 is 9.63 Å². The van der Waals surface area contributed by atoms with Gasteiger partial charge in [0, 0.05) is 16.5 Å². The summed E-state index contributed by atoms with van der Waals surface area (Å²) in [5, 5.41) is 1.48. The van der Waals surface area contributed by atoms with Gasteiger partial charge in [-0.05, 0) is 24.3 Å². The zero-order valence-electron chi connectivity index (χ0n) is 8.47. The monoisotopic (exact) mass is 279 g/mol. The smallest absolute Gasteiger partial charge is 0.267 e. The summed E-state index contributed by atoms with van der Waals surface area (Å²) < 4.78 is 0.966. The summed E-state index contributed by atoms with van der Waals surface area (Å²) in [5.74, 6) is -0.0654. The van der Waals surface area contributed by atoms with E-state index in [4.69, 9.17) is 4.84 Å². The molecular formula is C12H10BrNO2. The van der Waals surface area contributed by atoms with Gasteiger partial charge in [-0.1, -0.05) is 28.1 Å². The first-order chi connectivity index (χ1) is 7.74. The average molecular weight is 280 g/mol. The van der Waals surface area contributed by atoms with Gasteiger partial charge in [0.25, 0.3) is 5.91 Å². The molecule has 82 valence electrons. The van der Waals surface area contributed by atoms with E-state index in [-0.39, 0.29) is 18.1 Å². The van der Waals surface area contributed by atoms with E-state index in [1.165, 1.54) is 5.06 Å². The fraction of sp³-hybridized carbons (Fsp3) is 0.250. The molecule has 1 heterocycles. The number of fused-ring (bicyclic) bond motifs is 2. The lowest BCUT2D eigenvalue weighted by Gasteiger charge is -2.22. The Labute approximate surface area is 102 Å². The standard InChI is InChI=1S/C12H10BrNO2/c13-9-3-1-8(2-4-9)12(15)14-10-5-6-11(7-10)16-14/h1-6,10-11H,7H2. The molecule has 3 rings (SSSR count). The Hall–Kier alpha value is -1.13. The summed E-state index contributed by atoms with van der Waals surface area (Å²) >= 11 is 3.34. The van der Waals surface area contributed by atoms with Gasteiger partial charge >= 0.3 is 0 Å². The third kappa shape index (κ3) is 1.58. The molecule has 2 aliphatic rings. The van der Waals surface area contributed by atoms with Crippen molar-refractivity contribution in [2.75, 3.05) is 0 Å². The van der Waals surface area contributed by atoms with Crippen molar-refractivity contribution in [3.8, 4) is 0 Å². The van der Waals surface area contributed by atoms with Crippen LogP contribution in [0.5, 0.6) is 0 Å². The predicted molar refractivity (Wildman–Crippen MR) is 62.7 cm³/mol. The molecule has 1 fully saturated rings. The molecule has 1 aromatic rings. The van der Waals surface area contributed by atoms with E-state index in [9.17, 15) is 4.79 Å². The molecule has 0 aromatic heterocycles. The lowest BCUT2D eigenvalue weighted by molar-refractivity contribution is -0.114. The summed E-state index contributed by atoms with van der Waals surface area (Å²) in [6.45, 7) is 0. The van der Waals surface area contributed by atoms with Gasteiger partial charge in [0.1, 0.15) is 6.10 Å². The summed E-state index contributed by atoms with van der Waals surface area (Å²) in [5.41, 5.74) is 0.657. The molecule has 2 atom stereocenters. The quantitative estimate of drug-likeness (QED) is 0.740. The van der Waals surface area contributed by atoms with E-state index < -0.39 is 0 Å². The van der Waals surface area contributed by atoms with Crippen LogP contribution in [0.3, 0.4) is 0 Å². The second-order valence-electron chi connectivity index (χ2n) is 3.97. The van der Waals surface area contributed by atoms with E-state index in [1.807, 2.05) is 24.3 Å². The number of hydrogen-bond donors (Lipinski definition) is 0. The predicted octanol–water partition coefficient (Wildman–Crippen LogP) is 2.53. The Balaban J connectivity index is 1.83. The second-order valence-corrected chi connectivity index (χ2v) is 4.89. The van der Waals surface area contributed by atoms with Crippen LogP contribution >= 0.6 is 15.9 Å². The normalized spacial score (nSPS) is 26.4. The first-order valence-electron chi connectivity index (χ1n) is 5.18. The maximum Gasteiger partial charge on any atom is 0.278 e. The summed E-state index contributed by atoms with van der Waals surface area (Å²) in [6, 6.07) is 7.42. The molecule has 2 unspecified atom stereocenters. The van der Waals surface area contributed by atoms with Gasteiger partial charge in [-0.15, -0.1) is 0 Å². The van der Waals surface area contributed by atoms with Gasteiger partial charge < -0.3 is 0 Å². The van der Waals surface area contributed by atoms with Crippen molar-refractivity contribution in [3.05, 3.63) is 46.5 Å². The van der Waals surface area contributed by atoms with Gasteiger partial charge in [0.2, 0.25) is 0 Å². The third-order valence-electron chi connectivity index (χ3n) is 2.86. The molecule has 0 N–H and O–H groups in total. The number of rotatable bonds is 1. The molecule has 0 saturated carbocycles. The largest absolute Gasteiger partial charge is 0.278 e.